The molecule has 6 nitrogen and oxygen atoms in total. The molecule has 3 rings (SSSR count). The Balaban J connectivity index is 1.70. The van der Waals surface area contributed by atoms with Crippen molar-refractivity contribution in [2.75, 3.05) is 6.61 Å². The van der Waals surface area contributed by atoms with Gasteiger partial charge in [0.25, 0.3) is 5.91 Å². The summed E-state index contributed by atoms with van der Waals surface area (Å²) in [7, 11) is 0. The first-order valence-electron chi connectivity index (χ1n) is 9.61. The number of benzene rings is 3. The van der Waals surface area contributed by atoms with Crippen molar-refractivity contribution in [3.05, 3.63) is 94.0 Å². The van der Waals surface area contributed by atoms with E-state index < -0.39 is 5.97 Å². The summed E-state index contributed by atoms with van der Waals surface area (Å²) < 4.78 is 11.1. The summed E-state index contributed by atoms with van der Waals surface area (Å²) in [5, 5.41) is 4.43. The molecule has 0 bridgehead atoms. The van der Waals surface area contributed by atoms with Crippen LogP contribution in [-0.4, -0.2) is 24.7 Å². The van der Waals surface area contributed by atoms with Crippen LogP contribution in [0.4, 0.5) is 0 Å². The van der Waals surface area contributed by atoms with Crippen LogP contribution in [0.15, 0.2) is 71.8 Å². The molecule has 158 valence electrons. The molecular weight excluding hydrogens is 416 g/mol. The first-order chi connectivity index (χ1) is 15.0. The number of carbonyl (C=O) groups is 2. The summed E-state index contributed by atoms with van der Waals surface area (Å²) in [6.45, 7) is 4.17. The van der Waals surface area contributed by atoms with Gasteiger partial charge in [0.05, 0.1) is 18.4 Å². The van der Waals surface area contributed by atoms with Gasteiger partial charge in [0.2, 0.25) is 0 Å². The number of amides is 1. The molecule has 0 aromatic heterocycles. The number of esters is 1. The number of hydrazone groups is 1. The zero-order valence-electron chi connectivity index (χ0n) is 17.1. The fraction of sp³-hybridized carbons (Fsp3) is 0.125. The highest BCUT2D eigenvalue weighted by Gasteiger charge is 2.13. The largest absolute Gasteiger partial charge is 0.490 e. The molecule has 0 heterocycles. The molecule has 7 heteroatoms. The third-order valence-electron chi connectivity index (χ3n) is 4.22. The van der Waals surface area contributed by atoms with Crippen LogP contribution in [-0.2, 0) is 0 Å². The van der Waals surface area contributed by atoms with Gasteiger partial charge in [0, 0.05) is 10.6 Å². The second-order valence-corrected chi connectivity index (χ2v) is 7.04. The number of rotatable bonds is 7. The average molecular weight is 437 g/mol. The van der Waals surface area contributed by atoms with Gasteiger partial charge in [0.15, 0.2) is 11.5 Å². The highest BCUT2D eigenvalue weighted by Crippen LogP contribution is 2.29. The topological polar surface area (TPSA) is 77.0 Å². The lowest BCUT2D eigenvalue weighted by Crippen LogP contribution is -2.17. The summed E-state index contributed by atoms with van der Waals surface area (Å²) >= 11 is 5.89. The van der Waals surface area contributed by atoms with E-state index in [1.54, 1.807) is 54.6 Å². The van der Waals surface area contributed by atoms with E-state index in [9.17, 15) is 9.59 Å². The molecule has 0 aliphatic rings. The Morgan fingerprint density at radius 1 is 1.00 bits per heavy atom. The zero-order chi connectivity index (χ0) is 22.2. The van der Waals surface area contributed by atoms with Crippen LogP contribution in [0.3, 0.4) is 0 Å². The summed E-state index contributed by atoms with van der Waals surface area (Å²) in [5.41, 5.74) is 5.00. The highest BCUT2D eigenvalue weighted by atomic mass is 35.5. The number of hydrogen-bond acceptors (Lipinski definition) is 5. The Morgan fingerprint density at radius 2 is 1.77 bits per heavy atom. The van der Waals surface area contributed by atoms with Crippen molar-refractivity contribution in [2.45, 2.75) is 13.8 Å². The second kappa shape index (κ2) is 10.4. The van der Waals surface area contributed by atoms with Gasteiger partial charge in [-0.2, -0.15) is 5.10 Å². The van der Waals surface area contributed by atoms with Crippen LogP contribution in [0, 0.1) is 6.92 Å². The summed E-state index contributed by atoms with van der Waals surface area (Å²) in [5.74, 6) is -0.163. The normalized spacial score (nSPS) is 10.7. The molecule has 0 spiro atoms. The number of nitrogens with zero attached hydrogens (tertiary/aromatic N) is 1. The number of halogens is 1. The van der Waals surface area contributed by atoms with Crippen LogP contribution in [0.1, 0.15) is 38.8 Å². The predicted molar refractivity (Wildman–Crippen MR) is 120 cm³/mol. The molecule has 0 radical (unpaired) electrons. The standard InChI is InChI=1S/C24H21ClN2O4/c1-3-30-22-13-17(15-26-27-23(28)19-5-4-6-20(25)14-19)9-12-21(22)31-24(29)18-10-7-16(2)8-11-18/h4-15H,3H2,1-2H3,(H,27,28)/b26-15+. The third kappa shape index (κ3) is 6.17. The molecule has 1 amide bonds. The van der Waals surface area contributed by atoms with Crippen LogP contribution in [0.25, 0.3) is 0 Å². The minimum absolute atomic E-state index is 0.299. The Bertz CT molecular complexity index is 1110. The van der Waals surface area contributed by atoms with Crippen molar-refractivity contribution in [1.82, 2.24) is 5.43 Å². The maximum absolute atomic E-state index is 12.4. The van der Waals surface area contributed by atoms with E-state index in [2.05, 4.69) is 10.5 Å². The first-order valence-corrected chi connectivity index (χ1v) is 9.98. The molecule has 0 atom stereocenters. The number of hydrogen-bond donors (Lipinski definition) is 1. The van der Waals surface area contributed by atoms with Crippen molar-refractivity contribution >= 4 is 29.7 Å². The quantitative estimate of drug-likeness (QED) is 0.244. The number of carbonyl (C=O) groups excluding carboxylic acids is 2. The third-order valence-corrected chi connectivity index (χ3v) is 4.46. The number of aryl methyl sites for hydroxylation is 1. The van der Waals surface area contributed by atoms with Gasteiger partial charge < -0.3 is 9.47 Å². The van der Waals surface area contributed by atoms with Crippen LogP contribution in [0.2, 0.25) is 5.02 Å². The fourth-order valence-electron chi connectivity index (χ4n) is 2.67. The van der Waals surface area contributed by atoms with Crippen LogP contribution in [0.5, 0.6) is 11.5 Å². The Morgan fingerprint density at radius 3 is 2.48 bits per heavy atom. The van der Waals surface area contributed by atoms with Crippen molar-refractivity contribution in [2.24, 2.45) is 5.10 Å². The van der Waals surface area contributed by atoms with Gasteiger partial charge in [-0.1, -0.05) is 35.4 Å². The molecular formula is C24H21ClN2O4. The van der Waals surface area contributed by atoms with Crippen molar-refractivity contribution in [3.8, 4) is 11.5 Å². The molecule has 0 saturated carbocycles. The maximum Gasteiger partial charge on any atom is 0.343 e. The smallest absolute Gasteiger partial charge is 0.343 e. The van der Waals surface area contributed by atoms with E-state index >= 15 is 0 Å². The van der Waals surface area contributed by atoms with Gasteiger partial charge in [-0.25, -0.2) is 10.2 Å². The molecule has 3 aromatic rings. The highest BCUT2D eigenvalue weighted by molar-refractivity contribution is 6.30. The average Bonchev–Trinajstić information content (AvgIpc) is 2.76. The van der Waals surface area contributed by atoms with Crippen molar-refractivity contribution in [1.29, 1.82) is 0 Å². The van der Waals surface area contributed by atoms with E-state index in [4.69, 9.17) is 21.1 Å². The van der Waals surface area contributed by atoms with Gasteiger partial charge in [-0.3, -0.25) is 4.79 Å². The first kappa shape index (κ1) is 22.1. The molecule has 0 unspecified atom stereocenters. The Hall–Kier alpha value is -3.64. The van der Waals surface area contributed by atoms with E-state index in [1.165, 1.54) is 6.21 Å². The van der Waals surface area contributed by atoms with Gasteiger partial charge in [-0.15, -0.1) is 0 Å². The molecule has 0 aliphatic heterocycles. The van der Waals surface area contributed by atoms with E-state index in [0.717, 1.165) is 5.56 Å². The number of ether oxygens (including phenoxy) is 2. The van der Waals surface area contributed by atoms with Crippen molar-refractivity contribution < 1.29 is 19.1 Å². The maximum atomic E-state index is 12.4. The lowest BCUT2D eigenvalue weighted by atomic mass is 10.1. The minimum atomic E-state index is -0.476. The molecule has 0 saturated heterocycles. The molecule has 3 aromatic carbocycles. The zero-order valence-corrected chi connectivity index (χ0v) is 17.8. The lowest BCUT2D eigenvalue weighted by Gasteiger charge is -2.11. The second-order valence-electron chi connectivity index (χ2n) is 6.60. The van der Waals surface area contributed by atoms with E-state index in [1.807, 2.05) is 26.0 Å². The van der Waals surface area contributed by atoms with E-state index in [-0.39, 0.29) is 5.91 Å². The molecule has 0 fully saturated rings. The van der Waals surface area contributed by atoms with Crippen molar-refractivity contribution in [3.63, 3.8) is 0 Å². The molecule has 31 heavy (non-hydrogen) atoms. The van der Waals surface area contributed by atoms with Gasteiger partial charge in [-0.05, 0) is 67.9 Å². The number of nitrogens with one attached hydrogen (secondary N) is 1. The minimum Gasteiger partial charge on any atom is -0.490 e. The van der Waals surface area contributed by atoms with Gasteiger partial charge in [0.1, 0.15) is 0 Å². The van der Waals surface area contributed by atoms with Gasteiger partial charge >= 0.3 is 5.97 Å². The van der Waals surface area contributed by atoms with Crippen LogP contribution < -0.4 is 14.9 Å². The van der Waals surface area contributed by atoms with Crippen LogP contribution >= 0.6 is 11.6 Å². The summed E-state index contributed by atoms with van der Waals surface area (Å²) in [6, 6.07) is 18.7. The summed E-state index contributed by atoms with van der Waals surface area (Å²) in [6.07, 6.45) is 1.47. The Kier molecular flexibility index (Phi) is 7.40. The van der Waals surface area contributed by atoms with E-state index in [0.29, 0.717) is 39.8 Å². The predicted octanol–water partition coefficient (Wildman–Crippen LogP) is 5.03. The monoisotopic (exact) mass is 436 g/mol. The Labute approximate surface area is 185 Å². The summed E-state index contributed by atoms with van der Waals surface area (Å²) in [4.78, 5) is 24.5. The molecule has 1 N–H and O–H groups in total. The SMILES string of the molecule is CCOc1cc(/C=N/NC(=O)c2cccc(Cl)c2)ccc1OC(=O)c1ccc(C)cc1. The fourth-order valence-corrected chi connectivity index (χ4v) is 2.86. The molecule has 0 aliphatic carbocycles. The lowest BCUT2D eigenvalue weighted by molar-refractivity contribution is 0.0728.